The summed E-state index contributed by atoms with van der Waals surface area (Å²) in [5, 5.41) is 8.85. The fraction of sp³-hybridized carbons (Fsp3) is 0.154. The number of carbonyl (C=O) groups excluding carboxylic acids is 2. The molecule has 1 aromatic heterocycles. The van der Waals surface area contributed by atoms with Crippen LogP contribution in [0.5, 0.6) is 5.75 Å². The van der Waals surface area contributed by atoms with Gasteiger partial charge in [0, 0.05) is 23.5 Å². The van der Waals surface area contributed by atoms with Crippen molar-refractivity contribution < 1.29 is 14.3 Å². The smallest absolute Gasteiger partial charge is 0.281 e. The number of nitrogens with zero attached hydrogens (tertiary/aromatic N) is 3. The predicted molar refractivity (Wildman–Crippen MR) is 137 cm³/mol. The Kier molecular flexibility index (Phi) is 6.33. The van der Waals surface area contributed by atoms with Crippen molar-refractivity contribution in [2.75, 3.05) is 11.9 Å². The molecule has 1 unspecified atom stereocenters. The van der Waals surface area contributed by atoms with Crippen LogP contribution in [0.2, 0.25) is 0 Å². The zero-order valence-corrected chi connectivity index (χ0v) is 20.5. The number of aromatic nitrogens is 2. The highest BCUT2D eigenvalue weighted by molar-refractivity contribution is 9.10. The number of nitrogens with one attached hydrogen (secondary N) is 2. The van der Waals surface area contributed by atoms with E-state index in [2.05, 4.69) is 36.3 Å². The monoisotopic (exact) mass is 531 g/mol. The van der Waals surface area contributed by atoms with Crippen LogP contribution in [0.25, 0.3) is 11.0 Å². The zero-order chi connectivity index (χ0) is 24.4. The van der Waals surface area contributed by atoms with Crippen LogP contribution in [0.3, 0.4) is 0 Å². The minimum absolute atomic E-state index is 0.154. The van der Waals surface area contributed by atoms with E-state index >= 15 is 0 Å². The summed E-state index contributed by atoms with van der Waals surface area (Å²) in [6, 6.07) is 22.1. The van der Waals surface area contributed by atoms with Crippen LogP contribution in [-0.2, 0) is 9.59 Å². The third kappa shape index (κ3) is 4.95. The van der Waals surface area contributed by atoms with E-state index < -0.39 is 0 Å². The lowest BCUT2D eigenvalue weighted by atomic mass is 10.0. The molecule has 0 radical (unpaired) electrons. The molecule has 3 aromatic carbocycles. The first-order valence-corrected chi connectivity index (χ1v) is 11.9. The third-order valence-electron chi connectivity index (χ3n) is 5.63. The number of aromatic amines is 1. The second kappa shape index (κ2) is 9.71. The van der Waals surface area contributed by atoms with Crippen molar-refractivity contribution >= 4 is 50.2 Å². The molecule has 176 valence electrons. The van der Waals surface area contributed by atoms with Crippen molar-refractivity contribution in [3.05, 3.63) is 88.7 Å². The van der Waals surface area contributed by atoms with Crippen molar-refractivity contribution in [2.24, 2.45) is 5.10 Å². The van der Waals surface area contributed by atoms with Gasteiger partial charge in [0.15, 0.2) is 12.4 Å². The maximum atomic E-state index is 13.3. The second-order valence-corrected chi connectivity index (χ2v) is 8.98. The van der Waals surface area contributed by atoms with Gasteiger partial charge in [-0.25, -0.2) is 9.99 Å². The average Bonchev–Trinajstić information content (AvgIpc) is 3.48. The Morgan fingerprint density at radius 2 is 1.83 bits per heavy atom. The van der Waals surface area contributed by atoms with Gasteiger partial charge in [-0.05, 0) is 48.0 Å². The molecule has 9 heteroatoms. The number of hydrogen-bond acceptors (Lipinski definition) is 5. The number of halogens is 1. The summed E-state index contributed by atoms with van der Waals surface area (Å²) in [5.41, 5.74) is 4.08. The highest BCUT2D eigenvalue weighted by atomic mass is 79.9. The molecule has 0 bridgehead atoms. The van der Waals surface area contributed by atoms with E-state index in [1.807, 2.05) is 48.5 Å². The molecule has 2 amide bonds. The van der Waals surface area contributed by atoms with Gasteiger partial charge in [-0.3, -0.25) is 9.59 Å². The minimum atomic E-state index is -0.299. The van der Waals surface area contributed by atoms with Crippen LogP contribution in [0.15, 0.2) is 82.4 Å². The number of carbonyl (C=O) groups is 2. The Bertz CT molecular complexity index is 1400. The highest BCUT2D eigenvalue weighted by Gasteiger charge is 2.35. The van der Waals surface area contributed by atoms with Gasteiger partial charge < -0.3 is 15.0 Å². The molecule has 0 aliphatic carbocycles. The van der Waals surface area contributed by atoms with Crippen LogP contribution in [0.4, 0.5) is 5.69 Å². The van der Waals surface area contributed by atoms with Crippen LogP contribution in [0.1, 0.15) is 30.8 Å². The molecule has 2 heterocycles. The lowest BCUT2D eigenvalue weighted by Gasteiger charge is -2.23. The Morgan fingerprint density at radius 3 is 2.57 bits per heavy atom. The first-order chi connectivity index (χ1) is 17.0. The van der Waals surface area contributed by atoms with Crippen molar-refractivity contribution in [2.45, 2.75) is 19.4 Å². The summed E-state index contributed by atoms with van der Waals surface area (Å²) in [7, 11) is 0. The number of benzene rings is 3. The van der Waals surface area contributed by atoms with Crippen LogP contribution < -0.4 is 10.1 Å². The van der Waals surface area contributed by atoms with E-state index in [9.17, 15) is 9.59 Å². The Morgan fingerprint density at radius 1 is 1.09 bits per heavy atom. The summed E-state index contributed by atoms with van der Waals surface area (Å²) < 4.78 is 6.64. The summed E-state index contributed by atoms with van der Waals surface area (Å²) in [4.78, 5) is 32.4. The minimum Gasteiger partial charge on any atom is -0.484 e. The summed E-state index contributed by atoms with van der Waals surface area (Å²) in [6.07, 6.45) is 0.513. The lowest BCUT2D eigenvalue weighted by Crippen LogP contribution is -2.31. The van der Waals surface area contributed by atoms with Gasteiger partial charge in [-0.1, -0.05) is 46.3 Å². The Labute approximate surface area is 210 Å². The van der Waals surface area contributed by atoms with Gasteiger partial charge in [0.05, 0.1) is 17.1 Å². The second-order valence-electron chi connectivity index (χ2n) is 8.12. The van der Waals surface area contributed by atoms with Gasteiger partial charge in [-0.15, -0.1) is 0 Å². The van der Waals surface area contributed by atoms with Gasteiger partial charge in [0.25, 0.3) is 5.91 Å². The maximum Gasteiger partial charge on any atom is 0.281 e. The van der Waals surface area contributed by atoms with Crippen LogP contribution in [-0.4, -0.2) is 39.1 Å². The molecule has 1 aliphatic rings. The first kappa shape index (κ1) is 22.8. The molecular formula is C26H22BrN5O3. The molecule has 0 fully saturated rings. The molecular weight excluding hydrogens is 510 g/mol. The number of ether oxygens (including phenoxy) is 1. The number of imidazole rings is 1. The molecule has 0 saturated carbocycles. The molecule has 0 saturated heterocycles. The summed E-state index contributed by atoms with van der Waals surface area (Å²) >= 11 is 3.61. The number of hydrogen-bond donors (Lipinski definition) is 2. The van der Waals surface area contributed by atoms with Crippen molar-refractivity contribution in [1.29, 1.82) is 0 Å². The van der Waals surface area contributed by atoms with Gasteiger partial charge >= 0.3 is 0 Å². The highest BCUT2D eigenvalue weighted by Crippen LogP contribution is 2.36. The molecule has 2 N–H and O–H groups in total. The van der Waals surface area contributed by atoms with Crippen molar-refractivity contribution in [1.82, 2.24) is 15.0 Å². The van der Waals surface area contributed by atoms with E-state index in [-0.39, 0.29) is 24.5 Å². The molecule has 35 heavy (non-hydrogen) atoms. The number of anilines is 1. The van der Waals surface area contributed by atoms with E-state index in [0.717, 1.165) is 21.1 Å². The quantitative estimate of drug-likeness (QED) is 0.364. The van der Waals surface area contributed by atoms with Gasteiger partial charge in [-0.2, -0.15) is 5.10 Å². The largest absolute Gasteiger partial charge is 0.484 e. The standard InChI is InChI=1S/C26H22BrN5O3/c1-16(33)28-17-10-12-18(13-11-17)35-15-25(34)32-24(19-6-2-3-7-20(19)27)14-23(31-32)26-29-21-8-4-5-9-22(21)30-26/h2-13,24H,14-15H2,1H3,(H,28,33)(H,29,30). The molecule has 8 nitrogen and oxygen atoms in total. The van der Waals surface area contributed by atoms with Crippen molar-refractivity contribution in [3.8, 4) is 5.75 Å². The maximum absolute atomic E-state index is 13.3. The fourth-order valence-corrected chi connectivity index (χ4v) is 4.56. The van der Waals surface area contributed by atoms with E-state index in [1.54, 1.807) is 24.3 Å². The molecule has 5 rings (SSSR count). The lowest BCUT2D eigenvalue weighted by molar-refractivity contribution is -0.135. The average molecular weight is 532 g/mol. The number of para-hydroxylation sites is 2. The Hall–Kier alpha value is -3.98. The number of H-pyrrole nitrogens is 1. The summed E-state index contributed by atoms with van der Waals surface area (Å²) in [6.45, 7) is 1.26. The SMILES string of the molecule is CC(=O)Nc1ccc(OCC(=O)N2N=C(c3nc4ccccc4[nH]3)CC2c2ccccc2Br)cc1. The number of rotatable bonds is 6. The number of fused-ring (bicyclic) bond motifs is 1. The van der Waals surface area contributed by atoms with E-state index in [4.69, 9.17) is 4.74 Å². The van der Waals surface area contributed by atoms with Gasteiger partial charge in [0.2, 0.25) is 5.91 Å². The fourth-order valence-electron chi connectivity index (χ4n) is 4.01. The Balaban J connectivity index is 1.38. The van der Waals surface area contributed by atoms with E-state index in [1.165, 1.54) is 11.9 Å². The molecule has 0 spiro atoms. The third-order valence-corrected chi connectivity index (χ3v) is 6.35. The molecule has 4 aromatic rings. The van der Waals surface area contributed by atoms with Crippen LogP contribution in [0, 0.1) is 0 Å². The predicted octanol–water partition coefficient (Wildman–Crippen LogP) is 5.04. The normalized spacial score (nSPS) is 15.2. The van der Waals surface area contributed by atoms with E-state index in [0.29, 0.717) is 29.4 Å². The topological polar surface area (TPSA) is 99.7 Å². The molecule has 1 atom stereocenters. The first-order valence-electron chi connectivity index (χ1n) is 11.1. The van der Waals surface area contributed by atoms with Gasteiger partial charge in [0.1, 0.15) is 11.5 Å². The molecule has 1 aliphatic heterocycles. The zero-order valence-electron chi connectivity index (χ0n) is 18.9. The number of hydrazone groups is 1. The summed E-state index contributed by atoms with van der Waals surface area (Å²) in [5.74, 6) is 0.737. The van der Waals surface area contributed by atoms with Crippen LogP contribution >= 0.6 is 15.9 Å². The number of amides is 2. The van der Waals surface area contributed by atoms with Crippen molar-refractivity contribution in [3.63, 3.8) is 0 Å².